The van der Waals surface area contributed by atoms with E-state index in [9.17, 15) is 14.9 Å². The molecular weight excluding hydrogens is 398 g/mol. The lowest BCUT2D eigenvalue weighted by Crippen LogP contribution is -2.27. The number of nitriles is 1. The maximum Gasteiger partial charge on any atom is 0.374 e. The van der Waals surface area contributed by atoms with Gasteiger partial charge in [0.25, 0.3) is 0 Å². The zero-order chi connectivity index (χ0) is 22.0. The van der Waals surface area contributed by atoms with Gasteiger partial charge in [0.05, 0.1) is 17.9 Å². The molecule has 0 amide bonds. The van der Waals surface area contributed by atoms with Crippen molar-refractivity contribution in [3.8, 4) is 6.07 Å². The molecule has 4 rings (SSSR count). The molecule has 0 radical (unpaired) electrons. The molecule has 31 heavy (non-hydrogen) atoms. The van der Waals surface area contributed by atoms with E-state index in [4.69, 9.17) is 9.15 Å². The largest absolute Gasteiger partial charge is 0.452 e. The summed E-state index contributed by atoms with van der Waals surface area (Å²) in [4.78, 5) is 28.5. The Bertz CT molecular complexity index is 1170. The first kappa shape index (κ1) is 20.0. The fourth-order valence-electron chi connectivity index (χ4n) is 3.46. The fourth-order valence-corrected chi connectivity index (χ4v) is 3.46. The van der Waals surface area contributed by atoms with Gasteiger partial charge in [-0.25, -0.2) is 4.79 Å². The number of ketones is 1. The number of anilines is 2. The highest BCUT2D eigenvalue weighted by Gasteiger charge is 2.31. The minimum Gasteiger partial charge on any atom is -0.452 e. The van der Waals surface area contributed by atoms with E-state index in [1.165, 1.54) is 6.07 Å². The lowest BCUT2D eigenvalue weighted by molar-refractivity contribution is -0.118. The predicted molar refractivity (Wildman–Crippen MR) is 111 cm³/mol. The number of carbonyl (C=O) groups is 2. The van der Waals surface area contributed by atoms with Crippen molar-refractivity contribution in [2.45, 2.75) is 6.54 Å². The van der Waals surface area contributed by atoms with Crippen LogP contribution >= 0.6 is 0 Å². The number of fused-ring (bicyclic) bond motifs is 1. The molecule has 1 aliphatic rings. The number of esters is 1. The summed E-state index contributed by atoms with van der Waals surface area (Å²) in [6.45, 7) is -0.207. The minimum absolute atomic E-state index is 0.0244. The Kier molecular flexibility index (Phi) is 5.28. The standard InChI is InChI=1S/C22H19N5O4/c1-25-17-6-3-4-7-18(17)26(2)21(25)16(12-23)19(28)14-30-22(29)20-9-8-15(31-20)13-27-11-5-10-24-27/h3-11H,13-14H2,1-2H3. The number of rotatable bonds is 6. The number of carbonyl (C=O) groups excluding carboxylic acids is 2. The SMILES string of the molecule is CN1C(=C(C#N)C(=O)COC(=O)c2ccc(Cn3cccn3)o2)N(C)c2ccccc21. The Morgan fingerprint density at radius 2 is 1.81 bits per heavy atom. The van der Waals surface area contributed by atoms with Gasteiger partial charge < -0.3 is 19.0 Å². The van der Waals surface area contributed by atoms with E-state index in [0.29, 0.717) is 18.1 Å². The smallest absolute Gasteiger partial charge is 0.374 e. The topological polar surface area (TPSA) is 105 Å². The van der Waals surface area contributed by atoms with E-state index in [2.05, 4.69) is 5.10 Å². The monoisotopic (exact) mass is 417 g/mol. The second-order valence-corrected chi connectivity index (χ2v) is 6.89. The van der Waals surface area contributed by atoms with Gasteiger partial charge in [-0.05, 0) is 30.3 Å². The molecule has 1 aliphatic heterocycles. The zero-order valence-corrected chi connectivity index (χ0v) is 17.0. The molecular formula is C22H19N5O4. The quantitative estimate of drug-likeness (QED) is 0.342. The van der Waals surface area contributed by atoms with Crippen molar-refractivity contribution in [1.29, 1.82) is 5.26 Å². The Hall–Kier alpha value is -4.32. The average molecular weight is 417 g/mol. The van der Waals surface area contributed by atoms with Crippen molar-refractivity contribution in [2.75, 3.05) is 30.5 Å². The summed E-state index contributed by atoms with van der Waals surface area (Å²) in [6, 6.07) is 14.4. The average Bonchev–Trinajstić information content (AvgIpc) is 3.51. The number of hydrogen-bond donors (Lipinski definition) is 0. The molecule has 0 aliphatic carbocycles. The Balaban J connectivity index is 1.44. The summed E-state index contributed by atoms with van der Waals surface area (Å²) in [5, 5.41) is 13.7. The van der Waals surface area contributed by atoms with Gasteiger partial charge in [0, 0.05) is 26.5 Å². The molecule has 0 N–H and O–H groups in total. The van der Waals surface area contributed by atoms with Gasteiger partial charge in [0.15, 0.2) is 6.61 Å². The Morgan fingerprint density at radius 1 is 1.10 bits per heavy atom. The summed E-state index contributed by atoms with van der Waals surface area (Å²) >= 11 is 0. The third-order valence-corrected chi connectivity index (χ3v) is 4.93. The number of ether oxygens (including phenoxy) is 1. The molecule has 2 aromatic heterocycles. The highest BCUT2D eigenvalue weighted by Crippen LogP contribution is 2.40. The van der Waals surface area contributed by atoms with Crippen molar-refractivity contribution in [3.05, 3.63) is 77.8 Å². The molecule has 0 atom stereocenters. The Labute approximate surface area is 178 Å². The molecule has 0 bridgehead atoms. The van der Waals surface area contributed by atoms with Gasteiger partial charge in [-0.15, -0.1) is 0 Å². The zero-order valence-electron chi connectivity index (χ0n) is 17.0. The highest BCUT2D eigenvalue weighted by atomic mass is 16.5. The van der Waals surface area contributed by atoms with Gasteiger partial charge in [-0.3, -0.25) is 9.48 Å². The summed E-state index contributed by atoms with van der Waals surface area (Å²) < 4.78 is 12.2. The molecule has 9 nitrogen and oxygen atoms in total. The number of benzene rings is 1. The molecule has 1 aromatic carbocycles. The molecule has 156 valence electrons. The number of nitrogens with zero attached hydrogens (tertiary/aromatic N) is 5. The molecule has 0 spiro atoms. The summed E-state index contributed by atoms with van der Waals surface area (Å²) in [6.07, 6.45) is 3.41. The Morgan fingerprint density at radius 3 is 2.42 bits per heavy atom. The summed E-state index contributed by atoms with van der Waals surface area (Å²) in [5.41, 5.74) is 1.66. The van der Waals surface area contributed by atoms with Gasteiger partial charge in [0.2, 0.25) is 11.5 Å². The molecule has 0 saturated heterocycles. The summed E-state index contributed by atoms with van der Waals surface area (Å²) in [7, 11) is 3.55. The van der Waals surface area contributed by atoms with Crippen molar-refractivity contribution in [2.24, 2.45) is 0 Å². The maximum atomic E-state index is 12.7. The van der Waals surface area contributed by atoms with E-state index in [0.717, 1.165) is 11.4 Å². The van der Waals surface area contributed by atoms with Crippen molar-refractivity contribution < 1.29 is 18.7 Å². The van der Waals surface area contributed by atoms with Crippen LogP contribution in [0.4, 0.5) is 11.4 Å². The van der Waals surface area contributed by atoms with E-state index < -0.39 is 18.4 Å². The van der Waals surface area contributed by atoms with Crippen LogP contribution in [0.5, 0.6) is 0 Å². The molecule has 3 aromatic rings. The van der Waals surface area contributed by atoms with E-state index in [1.54, 1.807) is 53.1 Å². The van der Waals surface area contributed by atoms with E-state index in [-0.39, 0.29) is 11.3 Å². The van der Waals surface area contributed by atoms with E-state index >= 15 is 0 Å². The van der Waals surface area contributed by atoms with Gasteiger partial charge in [-0.2, -0.15) is 10.4 Å². The highest BCUT2D eigenvalue weighted by molar-refractivity contribution is 6.04. The third kappa shape index (κ3) is 3.79. The van der Waals surface area contributed by atoms with Crippen LogP contribution in [0.2, 0.25) is 0 Å². The molecule has 0 saturated carbocycles. The van der Waals surface area contributed by atoms with Crippen LogP contribution in [-0.2, 0) is 16.1 Å². The molecule has 0 unspecified atom stereocenters. The number of aromatic nitrogens is 2. The second kappa shape index (κ2) is 8.20. The van der Waals surface area contributed by atoms with Crippen LogP contribution in [-0.4, -0.2) is 42.2 Å². The van der Waals surface area contributed by atoms with Crippen molar-refractivity contribution in [3.63, 3.8) is 0 Å². The maximum absolute atomic E-state index is 12.7. The van der Waals surface area contributed by atoms with E-state index in [1.807, 2.05) is 30.3 Å². The minimum atomic E-state index is -0.779. The van der Waals surface area contributed by atoms with Gasteiger partial charge in [0.1, 0.15) is 23.2 Å². The number of para-hydroxylation sites is 2. The predicted octanol–water partition coefficient (Wildman–Crippen LogP) is 2.57. The first-order valence-electron chi connectivity index (χ1n) is 9.47. The van der Waals surface area contributed by atoms with Crippen molar-refractivity contribution >= 4 is 23.1 Å². The normalized spacial score (nSPS) is 12.5. The second-order valence-electron chi connectivity index (χ2n) is 6.89. The number of furan rings is 1. The fraction of sp³-hybridized carbons (Fsp3) is 0.182. The molecule has 9 heteroatoms. The lowest BCUT2D eigenvalue weighted by Gasteiger charge is -2.19. The summed E-state index contributed by atoms with van der Waals surface area (Å²) in [5.74, 6) is -0.443. The van der Waals surface area contributed by atoms with Crippen LogP contribution < -0.4 is 9.80 Å². The van der Waals surface area contributed by atoms with Crippen LogP contribution in [0.25, 0.3) is 0 Å². The van der Waals surface area contributed by atoms with Crippen molar-refractivity contribution in [1.82, 2.24) is 9.78 Å². The molecule has 0 fully saturated rings. The third-order valence-electron chi connectivity index (χ3n) is 4.93. The number of Topliss-reactive ketones (excluding diaryl/α,β-unsaturated/α-hetero) is 1. The number of hydrogen-bond acceptors (Lipinski definition) is 8. The van der Waals surface area contributed by atoms with Crippen LogP contribution in [0.15, 0.2) is 70.7 Å². The first-order valence-corrected chi connectivity index (χ1v) is 9.47. The van der Waals surface area contributed by atoms with Crippen LogP contribution in [0.3, 0.4) is 0 Å². The lowest BCUT2D eigenvalue weighted by atomic mass is 10.2. The van der Waals surface area contributed by atoms with Crippen LogP contribution in [0.1, 0.15) is 16.3 Å². The van der Waals surface area contributed by atoms with Gasteiger partial charge >= 0.3 is 5.97 Å². The van der Waals surface area contributed by atoms with Crippen LogP contribution in [0, 0.1) is 11.3 Å². The first-order chi connectivity index (χ1) is 15.0. The molecule has 3 heterocycles. The van der Waals surface area contributed by atoms with Gasteiger partial charge in [-0.1, -0.05) is 12.1 Å².